The van der Waals surface area contributed by atoms with E-state index in [9.17, 15) is 4.79 Å². The molecule has 0 unspecified atom stereocenters. The summed E-state index contributed by atoms with van der Waals surface area (Å²) in [5.74, 6) is 0.223. The molecular weight excluding hydrogens is 376 g/mol. The fourth-order valence-corrected chi connectivity index (χ4v) is 3.54. The number of amides is 1. The van der Waals surface area contributed by atoms with Crippen molar-refractivity contribution < 1.29 is 4.79 Å². The molecular formula is C20H21ClN6O. The Morgan fingerprint density at radius 1 is 1.07 bits per heavy atom. The Balaban J connectivity index is 1.55. The number of hydrazine groups is 1. The van der Waals surface area contributed by atoms with E-state index in [1.54, 1.807) is 18.5 Å². The number of carbonyl (C=O) groups is 1. The maximum atomic E-state index is 12.3. The first-order chi connectivity index (χ1) is 13.7. The molecule has 28 heavy (non-hydrogen) atoms. The van der Waals surface area contributed by atoms with Crippen LogP contribution in [0.4, 0.5) is 5.95 Å². The summed E-state index contributed by atoms with van der Waals surface area (Å²) in [6, 6.07) is 9.21. The molecule has 0 bridgehead atoms. The third-order valence-corrected chi connectivity index (χ3v) is 4.98. The smallest absolute Gasteiger partial charge is 0.252 e. The zero-order valence-electron chi connectivity index (χ0n) is 15.4. The molecule has 0 aliphatic carbocycles. The lowest BCUT2D eigenvalue weighted by Crippen LogP contribution is -2.42. The van der Waals surface area contributed by atoms with E-state index in [1.807, 2.05) is 24.3 Å². The first kappa shape index (κ1) is 18.6. The minimum absolute atomic E-state index is 0.104. The predicted octanol–water partition coefficient (Wildman–Crippen LogP) is 3.27. The highest BCUT2D eigenvalue weighted by Gasteiger charge is 2.15. The molecule has 2 aromatic heterocycles. The number of nitrogens with zero attached hydrogens (tertiary/aromatic N) is 4. The third kappa shape index (κ3) is 4.37. The molecule has 2 N–H and O–H groups in total. The molecule has 1 aliphatic rings. The van der Waals surface area contributed by atoms with Gasteiger partial charge in [0, 0.05) is 28.4 Å². The molecule has 1 saturated heterocycles. The molecule has 8 heteroatoms. The minimum Gasteiger partial charge on any atom is -0.294 e. The molecule has 0 saturated carbocycles. The van der Waals surface area contributed by atoms with Gasteiger partial charge >= 0.3 is 0 Å². The lowest BCUT2D eigenvalue weighted by atomic mass is 10.1. The van der Waals surface area contributed by atoms with Gasteiger partial charge in [0.15, 0.2) is 0 Å². The Morgan fingerprint density at radius 2 is 1.86 bits per heavy atom. The van der Waals surface area contributed by atoms with Gasteiger partial charge in [-0.05, 0) is 56.3 Å². The summed E-state index contributed by atoms with van der Waals surface area (Å²) in [6.45, 7) is 2.30. The van der Waals surface area contributed by atoms with Crippen LogP contribution in [0.1, 0.15) is 19.3 Å². The van der Waals surface area contributed by atoms with Gasteiger partial charge in [-0.2, -0.15) is 0 Å². The SMILES string of the molecule is O=C(CN1CCCCC1)NNc1nc(-c2ccncc2)c2cc(Cl)ccc2n1. The zero-order chi connectivity index (χ0) is 19.3. The van der Waals surface area contributed by atoms with Gasteiger partial charge in [0.05, 0.1) is 17.8 Å². The van der Waals surface area contributed by atoms with Gasteiger partial charge in [-0.1, -0.05) is 18.0 Å². The van der Waals surface area contributed by atoms with Crippen molar-refractivity contribution in [2.45, 2.75) is 19.3 Å². The van der Waals surface area contributed by atoms with Crippen LogP contribution in [0.25, 0.3) is 22.2 Å². The van der Waals surface area contributed by atoms with Crippen molar-refractivity contribution in [3.05, 3.63) is 47.7 Å². The van der Waals surface area contributed by atoms with Gasteiger partial charge in [-0.15, -0.1) is 0 Å². The average Bonchev–Trinajstić information content (AvgIpc) is 2.73. The number of pyridine rings is 1. The van der Waals surface area contributed by atoms with Crippen molar-refractivity contribution in [3.8, 4) is 11.3 Å². The summed E-state index contributed by atoms with van der Waals surface area (Å²) in [5, 5.41) is 1.45. The zero-order valence-corrected chi connectivity index (χ0v) is 16.1. The van der Waals surface area contributed by atoms with E-state index in [0.29, 0.717) is 17.5 Å². The third-order valence-electron chi connectivity index (χ3n) is 4.74. The van der Waals surface area contributed by atoms with Crippen LogP contribution in [-0.4, -0.2) is 45.4 Å². The average molecular weight is 397 g/mol. The van der Waals surface area contributed by atoms with Gasteiger partial charge < -0.3 is 0 Å². The Bertz CT molecular complexity index is 975. The van der Waals surface area contributed by atoms with E-state index in [2.05, 4.69) is 30.7 Å². The molecule has 144 valence electrons. The number of anilines is 1. The van der Waals surface area contributed by atoms with Gasteiger partial charge in [0.25, 0.3) is 5.91 Å². The Labute approximate surface area is 168 Å². The number of aromatic nitrogens is 3. The number of rotatable bonds is 5. The van der Waals surface area contributed by atoms with Crippen LogP contribution in [0.5, 0.6) is 0 Å². The van der Waals surface area contributed by atoms with Crippen molar-refractivity contribution in [3.63, 3.8) is 0 Å². The van der Waals surface area contributed by atoms with E-state index in [4.69, 9.17) is 11.6 Å². The van der Waals surface area contributed by atoms with Crippen LogP contribution in [0, 0.1) is 0 Å². The van der Waals surface area contributed by atoms with Gasteiger partial charge in [0.1, 0.15) is 0 Å². The van der Waals surface area contributed by atoms with Crippen molar-refractivity contribution in [1.29, 1.82) is 0 Å². The monoisotopic (exact) mass is 396 g/mol. The normalized spacial score (nSPS) is 14.8. The van der Waals surface area contributed by atoms with E-state index in [1.165, 1.54) is 6.42 Å². The number of carbonyl (C=O) groups excluding carboxylic acids is 1. The minimum atomic E-state index is -0.104. The summed E-state index contributed by atoms with van der Waals surface area (Å²) in [6.07, 6.45) is 6.95. The summed E-state index contributed by atoms with van der Waals surface area (Å²) >= 11 is 6.17. The van der Waals surface area contributed by atoms with E-state index in [-0.39, 0.29) is 5.91 Å². The lowest BCUT2D eigenvalue weighted by Gasteiger charge is -2.25. The summed E-state index contributed by atoms with van der Waals surface area (Å²) in [7, 11) is 0. The number of fused-ring (bicyclic) bond motifs is 1. The van der Waals surface area contributed by atoms with Crippen molar-refractivity contribution >= 4 is 34.4 Å². The number of nitrogens with one attached hydrogen (secondary N) is 2. The quantitative estimate of drug-likeness (QED) is 0.644. The molecule has 0 spiro atoms. The first-order valence-corrected chi connectivity index (χ1v) is 9.72. The Morgan fingerprint density at radius 3 is 2.64 bits per heavy atom. The summed E-state index contributed by atoms with van der Waals surface area (Å²) in [4.78, 5) is 27.6. The first-order valence-electron chi connectivity index (χ1n) is 9.34. The highest BCUT2D eigenvalue weighted by atomic mass is 35.5. The lowest BCUT2D eigenvalue weighted by molar-refractivity contribution is -0.122. The van der Waals surface area contributed by atoms with Gasteiger partial charge in [-0.3, -0.25) is 25.5 Å². The molecule has 1 fully saturated rings. The second-order valence-electron chi connectivity index (χ2n) is 6.80. The van der Waals surface area contributed by atoms with Crippen molar-refractivity contribution in [2.24, 2.45) is 0 Å². The Hall–Kier alpha value is -2.77. The van der Waals surface area contributed by atoms with E-state index in [0.717, 1.165) is 48.1 Å². The number of hydrogen-bond donors (Lipinski definition) is 2. The van der Waals surface area contributed by atoms with Crippen LogP contribution < -0.4 is 10.9 Å². The van der Waals surface area contributed by atoms with Crippen LogP contribution in [-0.2, 0) is 4.79 Å². The largest absolute Gasteiger partial charge is 0.294 e. The fourth-order valence-electron chi connectivity index (χ4n) is 3.37. The number of piperidine rings is 1. The van der Waals surface area contributed by atoms with E-state index < -0.39 is 0 Å². The molecule has 0 radical (unpaired) electrons. The standard InChI is InChI=1S/C20H21ClN6O/c21-15-4-5-17-16(12-15)19(14-6-8-22-9-7-14)24-20(23-17)26-25-18(28)13-27-10-2-1-3-11-27/h4-9,12H,1-3,10-11,13H2,(H,25,28)(H,23,24,26). The fraction of sp³-hybridized carbons (Fsp3) is 0.300. The second-order valence-corrected chi connectivity index (χ2v) is 7.24. The van der Waals surface area contributed by atoms with Crippen LogP contribution in [0.2, 0.25) is 5.02 Å². The predicted molar refractivity (Wildman–Crippen MR) is 110 cm³/mol. The van der Waals surface area contributed by atoms with Crippen molar-refractivity contribution in [2.75, 3.05) is 25.1 Å². The van der Waals surface area contributed by atoms with E-state index >= 15 is 0 Å². The highest BCUT2D eigenvalue weighted by Crippen LogP contribution is 2.28. The van der Waals surface area contributed by atoms with Gasteiger partial charge in [0.2, 0.25) is 5.95 Å². The number of hydrogen-bond acceptors (Lipinski definition) is 6. The molecule has 1 aliphatic heterocycles. The summed E-state index contributed by atoms with van der Waals surface area (Å²) < 4.78 is 0. The molecule has 0 atom stereocenters. The van der Waals surface area contributed by atoms with Crippen molar-refractivity contribution in [1.82, 2.24) is 25.3 Å². The molecule has 4 rings (SSSR count). The topological polar surface area (TPSA) is 83.0 Å². The molecule has 7 nitrogen and oxygen atoms in total. The number of halogens is 1. The van der Waals surface area contributed by atoms with Crippen LogP contribution in [0.3, 0.4) is 0 Å². The molecule has 3 aromatic rings. The van der Waals surface area contributed by atoms with Gasteiger partial charge in [-0.25, -0.2) is 9.97 Å². The maximum absolute atomic E-state index is 12.3. The van der Waals surface area contributed by atoms with Crippen LogP contribution >= 0.6 is 11.6 Å². The second kappa shape index (κ2) is 8.50. The highest BCUT2D eigenvalue weighted by molar-refractivity contribution is 6.31. The summed E-state index contributed by atoms with van der Waals surface area (Å²) in [5.41, 5.74) is 7.92. The molecule has 3 heterocycles. The molecule has 1 amide bonds. The maximum Gasteiger partial charge on any atom is 0.252 e. The van der Waals surface area contributed by atoms with Crippen LogP contribution in [0.15, 0.2) is 42.7 Å². The molecule has 1 aromatic carbocycles. The Kier molecular flexibility index (Phi) is 5.64. The number of likely N-dealkylation sites (tertiary alicyclic amines) is 1. The number of benzene rings is 1.